The molecule has 0 spiro atoms. The summed E-state index contributed by atoms with van der Waals surface area (Å²) >= 11 is 5.48. The first-order chi connectivity index (χ1) is 9.69. The lowest BCUT2D eigenvalue weighted by Crippen LogP contribution is -2.31. The van der Waals surface area contributed by atoms with Crippen molar-refractivity contribution in [1.82, 2.24) is 15.5 Å². The van der Waals surface area contributed by atoms with Crippen LogP contribution in [-0.4, -0.2) is 48.8 Å². The van der Waals surface area contributed by atoms with Crippen molar-refractivity contribution in [2.45, 2.75) is 19.3 Å². The maximum absolute atomic E-state index is 11.7. The van der Waals surface area contributed by atoms with E-state index in [0.29, 0.717) is 38.4 Å². The van der Waals surface area contributed by atoms with Crippen molar-refractivity contribution < 1.29 is 9.59 Å². The van der Waals surface area contributed by atoms with Crippen LogP contribution in [0.3, 0.4) is 0 Å². The van der Waals surface area contributed by atoms with Crippen LogP contribution >= 0.6 is 11.6 Å². The Kier molecular flexibility index (Phi) is 7.51. The zero-order valence-corrected chi connectivity index (χ0v) is 12.1. The molecule has 1 aliphatic heterocycles. The van der Waals surface area contributed by atoms with Gasteiger partial charge in [0.15, 0.2) is 0 Å². The number of nitrogens with zero attached hydrogens (tertiary/aromatic N) is 2. The lowest BCUT2D eigenvalue weighted by atomic mass is 10.3. The average Bonchev–Trinajstić information content (AvgIpc) is 2.85. The maximum Gasteiger partial charge on any atom is 0.263 e. The van der Waals surface area contributed by atoms with Crippen LogP contribution in [0.1, 0.15) is 19.3 Å². The molecule has 1 aliphatic rings. The van der Waals surface area contributed by atoms with Crippen LogP contribution in [0.2, 0.25) is 0 Å². The number of hydrogen-bond acceptors (Lipinski definition) is 4. The second kappa shape index (κ2) is 9.21. The van der Waals surface area contributed by atoms with Gasteiger partial charge < -0.3 is 15.5 Å². The van der Waals surface area contributed by atoms with Crippen LogP contribution in [-0.2, 0) is 9.59 Å². The number of hydrogen-bond donors (Lipinski definition) is 2. The molecule has 0 bridgehead atoms. The van der Waals surface area contributed by atoms with E-state index in [-0.39, 0.29) is 11.5 Å². The first-order valence-electron chi connectivity index (χ1n) is 6.64. The molecule has 6 nitrogen and oxygen atoms in total. The van der Waals surface area contributed by atoms with Crippen molar-refractivity contribution in [3.63, 3.8) is 0 Å². The van der Waals surface area contributed by atoms with Crippen molar-refractivity contribution >= 4 is 23.4 Å². The van der Waals surface area contributed by atoms with Gasteiger partial charge in [0.1, 0.15) is 11.6 Å². The highest BCUT2D eigenvalue weighted by molar-refractivity contribution is 6.18. The summed E-state index contributed by atoms with van der Waals surface area (Å²) in [7, 11) is 0. The molecule has 7 heteroatoms. The predicted octanol–water partition coefficient (Wildman–Crippen LogP) is 0.351. The van der Waals surface area contributed by atoms with Crippen LogP contribution in [0.25, 0.3) is 0 Å². The quantitative estimate of drug-likeness (QED) is 0.293. The summed E-state index contributed by atoms with van der Waals surface area (Å²) in [6.45, 7) is 2.39. The lowest BCUT2D eigenvalue weighted by molar-refractivity contribution is -0.127. The first kappa shape index (κ1) is 16.3. The fraction of sp³-hybridized carbons (Fsp3) is 0.615. The van der Waals surface area contributed by atoms with E-state index in [1.54, 1.807) is 4.90 Å². The van der Waals surface area contributed by atoms with Crippen molar-refractivity contribution in [3.05, 3.63) is 11.8 Å². The van der Waals surface area contributed by atoms with Gasteiger partial charge in [-0.05, 0) is 12.8 Å². The van der Waals surface area contributed by atoms with E-state index in [1.807, 2.05) is 6.07 Å². The van der Waals surface area contributed by atoms with Gasteiger partial charge in [-0.15, -0.1) is 11.6 Å². The van der Waals surface area contributed by atoms with Crippen LogP contribution in [0, 0.1) is 11.3 Å². The molecule has 0 aromatic heterocycles. The molecule has 0 saturated carbocycles. The molecule has 2 amide bonds. The van der Waals surface area contributed by atoms with Gasteiger partial charge in [-0.25, -0.2) is 0 Å². The number of nitriles is 1. The minimum atomic E-state index is -0.415. The Morgan fingerprint density at radius 2 is 2.30 bits per heavy atom. The zero-order chi connectivity index (χ0) is 14.8. The Bertz CT molecular complexity index is 417. The number of likely N-dealkylation sites (tertiary alicyclic amines) is 1. The van der Waals surface area contributed by atoms with E-state index in [9.17, 15) is 9.59 Å². The van der Waals surface area contributed by atoms with Gasteiger partial charge in [-0.1, -0.05) is 0 Å². The van der Waals surface area contributed by atoms with Crippen LogP contribution in [0.4, 0.5) is 0 Å². The normalized spacial score (nSPS) is 15.1. The summed E-state index contributed by atoms with van der Waals surface area (Å²) in [5.41, 5.74) is 0.0207. The number of nitrogens with one attached hydrogen (secondary N) is 2. The Morgan fingerprint density at radius 1 is 1.50 bits per heavy atom. The molecule has 1 rings (SSSR count). The third-order valence-electron chi connectivity index (χ3n) is 2.91. The van der Waals surface area contributed by atoms with Gasteiger partial charge >= 0.3 is 0 Å². The average molecular weight is 299 g/mol. The molecule has 1 heterocycles. The van der Waals surface area contributed by atoms with Crippen LogP contribution < -0.4 is 10.6 Å². The SMILES string of the molecule is N#C/C(=C/NCCCl)C(=O)NCCCN1CCCC1=O. The summed E-state index contributed by atoms with van der Waals surface area (Å²) in [4.78, 5) is 24.8. The van der Waals surface area contributed by atoms with E-state index in [1.165, 1.54) is 6.20 Å². The smallest absolute Gasteiger partial charge is 0.263 e. The number of halogens is 1. The second-order valence-electron chi connectivity index (χ2n) is 4.41. The fourth-order valence-corrected chi connectivity index (χ4v) is 1.99. The predicted molar refractivity (Wildman–Crippen MR) is 75.9 cm³/mol. The van der Waals surface area contributed by atoms with Gasteiger partial charge in [0.05, 0.1) is 0 Å². The molecule has 0 aliphatic carbocycles. The monoisotopic (exact) mass is 298 g/mol. The lowest BCUT2D eigenvalue weighted by Gasteiger charge is -2.15. The van der Waals surface area contributed by atoms with E-state index in [4.69, 9.17) is 16.9 Å². The number of amides is 2. The molecule has 1 fully saturated rings. The van der Waals surface area contributed by atoms with Gasteiger partial charge in [-0.3, -0.25) is 9.59 Å². The summed E-state index contributed by atoms with van der Waals surface area (Å²) in [5, 5.41) is 14.3. The van der Waals surface area contributed by atoms with E-state index in [2.05, 4.69) is 10.6 Å². The Morgan fingerprint density at radius 3 is 2.90 bits per heavy atom. The standard InChI is InChI=1S/C13H19ClN4O2/c14-4-6-16-10-11(9-15)13(20)17-5-2-8-18-7-1-3-12(18)19/h10,16H,1-8H2,(H,17,20)/b11-10-. The largest absolute Gasteiger partial charge is 0.388 e. The van der Waals surface area contributed by atoms with Crippen LogP contribution in [0.5, 0.6) is 0 Å². The molecule has 0 aromatic carbocycles. The summed E-state index contributed by atoms with van der Waals surface area (Å²) < 4.78 is 0. The maximum atomic E-state index is 11.7. The van der Waals surface area contributed by atoms with Crippen molar-refractivity contribution in [1.29, 1.82) is 5.26 Å². The van der Waals surface area contributed by atoms with Gasteiger partial charge in [-0.2, -0.15) is 5.26 Å². The second-order valence-corrected chi connectivity index (χ2v) is 4.78. The molecule has 2 N–H and O–H groups in total. The van der Waals surface area contributed by atoms with Gasteiger partial charge in [0, 0.05) is 44.7 Å². The Labute approximate surface area is 123 Å². The highest BCUT2D eigenvalue weighted by Gasteiger charge is 2.19. The molecule has 1 saturated heterocycles. The summed E-state index contributed by atoms with van der Waals surface area (Å²) in [6.07, 6.45) is 3.59. The first-order valence-corrected chi connectivity index (χ1v) is 7.18. The number of alkyl halides is 1. The minimum absolute atomic E-state index is 0.0207. The molecule has 0 atom stereocenters. The van der Waals surface area contributed by atoms with Crippen molar-refractivity contribution in [2.24, 2.45) is 0 Å². The zero-order valence-electron chi connectivity index (χ0n) is 11.3. The van der Waals surface area contributed by atoms with Crippen molar-refractivity contribution in [2.75, 3.05) is 32.1 Å². The van der Waals surface area contributed by atoms with E-state index in [0.717, 1.165) is 13.0 Å². The molecule has 0 aromatic rings. The number of carbonyl (C=O) groups is 2. The van der Waals surface area contributed by atoms with Gasteiger partial charge in [0.25, 0.3) is 5.91 Å². The van der Waals surface area contributed by atoms with E-state index < -0.39 is 5.91 Å². The minimum Gasteiger partial charge on any atom is -0.388 e. The fourth-order valence-electron chi connectivity index (χ4n) is 1.88. The molecular formula is C13H19ClN4O2. The molecule has 0 unspecified atom stereocenters. The highest BCUT2D eigenvalue weighted by Crippen LogP contribution is 2.09. The van der Waals surface area contributed by atoms with Crippen molar-refractivity contribution in [3.8, 4) is 6.07 Å². The van der Waals surface area contributed by atoms with Gasteiger partial charge in [0.2, 0.25) is 5.91 Å². The topological polar surface area (TPSA) is 85.2 Å². The highest BCUT2D eigenvalue weighted by atomic mass is 35.5. The Hall–Kier alpha value is -1.74. The molecule has 0 radical (unpaired) electrons. The summed E-state index contributed by atoms with van der Waals surface area (Å²) in [5.74, 6) is 0.169. The molecular weight excluding hydrogens is 280 g/mol. The molecule has 110 valence electrons. The van der Waals surface area contributed by atoms with E-state index >= 15 is 0 Å². The summed E-state index contributed by atoms with van der Waals surface area (Å²) in [6, 6.07) is 1.83. The molecule has 20 heavy (non-hydrogen) atoms. The number of carbonyl (C=O) groups excluding carboxylic acids is 2. The Balaban J connectivity index is 2.23. The third-order valence-corrected chi connectivity index (χ3v) is 3.10. The number of rotatable bonds is 8. The third kappa shape index (κ3) is 5.49. The van der Waals surface area contributed by atoms with Crippen LogP contribution in [0.15, 0.2) is 11.8 Å².